The number of halogens is 1. The van der Waals surface area contributed by atoms with Crippen LogP contribution in [-0.4, -0.2) is 31.6 Å². The van der Waals surface area contributed by atoms with E-state index in [1.165, 1.54) is 12.1 Å². The molecule has 1 aromatic heterocycles. The third-order valence-corrected chi connectivity index (χ3v) is 4.19. The molecule has 1 fully saturated rings. The first kappa shape index (κ1) is 14.1. The highest BCUT2D eigenvalue weighted by Crippen LogP contribution is 2.40. The van der Waals surface area contributed by atoms with Crippen LogP contribution < -0.4 is 0 Å². The normalized spacial score (nSPS) is 14.3. The van der Waals surface area contributed by atoms with Crippen molar-refractivity contribution in [2.75, 3.05) is 5.75 Å². The van der Waals surface area contributed by atoms with Gasteiger partial charge >= 0.3 is 5.97 Å². The summed E-state index contributed by atoms with van der Waals surface area (Å²) in [5.74, 6) is 0.0188. The molecule has 1 aliphatic rings. The Bertz CT molecular complexity index is 670. The predicted octanol–water partition coefficient (Wildman–Crippen LogP) is 2.52. The molecule has 0 aliphatic heterocycles. The van der Waals surface area contributed by atoms with Gasteiger partial charge in [-0.25, -0.2) is 4.39 Å². The van der Waals surface area contributed by atoms with Crippen molar-refractivity contribution in [2.24, 2.45) is 0 Å². The summed E-state index contributed by atoms with van der Waals surface area (Å²) in [6.07, 6.45) is 2.15. The minimum absolute atomic E-state index is 0.0635. The van der Waals surface area contributed by atoms with Crippen molar-refractivity contribution in [1.82, 2.24) is 14.8 Å². The van der Waals surface area contributed by atoms with E-state index >= 15 is 0 Å². The lowest BCUT2D eigenvalue weighted by Gasteiger charge is -2.09. The van der Waals surface area contributed by atoms with Crippen molar-refractivity contribution < 1.29 is 14.3 Å². The molecule has 1 saturated carbocycles. The maximum Gasteiger partial charge on any atom is 0.313 e. The molecular weight excluding hydrogens is 293 g/mol. The van der Waals surface area contributed by atoms with Gasteiger partial charge in [0.1, 0.15) is 11.6 Å². The van der Waals surface area contributed by atoms with E-state index in [0.29, 0.717) is 17.6 Å². The van der Waals surface area contributed by atoms with Crippen molar-refractivity contribution in [3.8, 4) is 0 Å². The molecule has 0 radical (unpaired) electrons. The van der Waals surface area contributed by atoms with Gasteiger partial charge in [-0.2, -0.15) is 0 Å². The molecule has 5 nitrogen and oxygen atoms in total. The molecule has 1 aliphatic carbocycles. The van der Waals surface area contributed by atoms with Gasteiger partial charge < -0.3 is 9.67 Å². The molecule has 0 atom stereocenters. The zero-order chi connectivity index (χ0) is 14.8. The number of benzene rings is 1. The molecule has 0 bridgehead atoms. The summed E-state index contributed by atoms with van der Waals surface area (Å²) in [6.45, 7) is 0.457. The number of aliphatic carboxylic acids is 1. The fraction of sp³-hybridized carbons (Fsp3) is 0.357. The molecule has 0 spiro atoms. The predicted molar refractivity (Wildman–Crippen MR) is 75.9 cm³/mol. The molecule has 1 aromatic carbocycles. The molecule has 21 heavy (non-hydrogen) atoms. The first-order chi connectivity index (χ1) is 10.1. The number of hydrogen-bond donors (Lipinski definition) is 1. The average molecular weight is 307 g/mol. The maximum atomic E-state index is 13.3. The summed E-state index contributed by atoms with van der Waals surface area (Å²) in [5, 5.41) is 17.6. The Morgan fingerprint density at radius 2 is 2.24 bits per heavy atom. The standard InChI is InChI=1S/C14H14FN3O2S/c15-11-3-1-2-9(6-11)7-18-13(10-4-5-10)16-17-14(18)21-8-12(19)20/h1-3,6,10H,4-5,7-8H2,(H,19,20). The molecule has 0 saturated heterocycles. The first-order valence-corrected chi connectivity index (χ1v) is 7.64. The zero-order valence-corrected chi connectivity index (χ0v) is 12.0. The second-order valence-corrected chi connectivity index (χ2v) is 5.96. The molecule has 2 aromatic rings. The lowest BCUT2D eigenvalue weighted by atomic mass is 10.2. The fourth-order valence-electron chi connectivity index (χ4n) is 2.14. The Kier molecular flexibility index (Phi) is 3.92. The number of rotatable bonds is 6. The summed E-state index contributed by atoms with van der Waals surface area (Å²) < 4.78 is 15.2. The minimum Gasteiger partial charge on any atom is -0.481 e. The molecule has 3 rings (SSSR count). The molecule has 0 unspecified atom stereocenters. The smallest absolute Gasteiger partial charge is 0.313 e. The Morgan fingerprint density at radius 1 is 1.43 bits per heavy atom. The van der Waals surface area contributed by atoms with Crippen LogP contribution in [0.4, 0.5) is 4.39 Å². The quantitative estimate of drug-likeness (QED) is 0.831. The summed E-state index contributed by atoms with van der Waals surface area (Å²) in [4.78, 5) is 10.7. The second kappa shape index (κ2) is 5.85. The van der Waals surface area contributed by atoms with Crippen LogP contribution in [0.25, 0.3) is 0 Å². The second-order valence-electron chi connectivity index (χ2n) is 5.01. The zero-order valence-electron chi connectivity index (χ0n) is 11.2. The average Bonchev–Trinajstić information content (AvgIpc) is 3.20. The summed E-state index contributed by atoms with van der Waals surface area (Å²) in [5.41, 5.74) is 0.814. The van der Waals surface area contributed by atoms with Crippen LogP contribution in [0.15, 0.2) is 29.4 Å². The topological polar surface area (TPSA) is 68.0 Å². The molecule has 1 heterocycles. The summed E-state index contributed by atoms with van der Waals surface area (Å²) >= 11 is 1.14. The van der Waals surface area contributed by atoms with Crippen molar-refractivity contribution in [1.29, 1.82) is 0 Å². The number of hydrogen-bond acceptors (Lipinski definition) is 4. The van der Waals surface area contributed by atoms with E-state index in [2.05, 4.69) is 10.2 Å². The van der Waals surface area contributed by atoms with E-state index in [9.17, 15) is 9.18 Å². The first-order valence-electron chi connectivity index (χ1n) is 6.65. The third kappa shape index (κ3) is 3.41. The lowest BCUT2D eigenvalue weighted by molar-refractivity contribution is -0.133. The van der Waals surface area contributed by atoms with E-state index in [0.717, 1.165) is 36.0 Å². The number of carboxylic acid groups (broad SMARTS) is 1. The molecule has 0 amide bonds. The van der Waals surface area contributed by atoms with E-state index in [4.69, 9.17) is 5.11 Å². The molecule has 7 heteroatoms. The number of nitrogens with zero attached hydrogens (tertiary/aromatic N) is 3. The summed E-state index contributed by atoms with van der Waals surface area (Å²) in [6, 6.07) is 6.38. The van der Waals surface area contributed by atoms with Crippen LogP contribution in [0.5, 0.6) is 0 Å². The highest BCUT2D eigenvalue weighted by atomic mass is 32.2. The highest BCUT2D eigenvalue weighted by Gasteiger charge is 2.30. The van der Waals surface area contributed by atoms with Gasteiger partial charge in [0.05, 0.1) is 12.3 Å². The van der Waals surface area contributed by atoms with Gasteiger partial charge in [0, 0.05) is 5.92 Å². The van der Waals surface area contributed by atoms with Crippen molar-refractivity contribution in [2.45, 2.75) is 30.5 Å². The van der Waals surface area contributed by atoms with Crippen molar-refractivity contribution in [3.05, 3.63) is 41.5 Å². The van der Waals surface area contributed by atoms with Gasteiger partial charge in [0.2, 0.25) is 0 Å². The fourth-order valence-corrected chi connectivity index (χ4v) is 2.81. The SMILES string of the molecule is O=C(O)CSc1nnc(C2CC2)n1Cc1cccc(F)c1. The molecule has 110 valence electrons. The van der Waals surface area contributed by atoms with Crippen LogP contribution in [-0.2, 0) is 11.3 Å². The van der Waals surface area contributed by atoms with Crippen LogP contribution >= 0.6 is 11.8 Å². The minimum atomic E-state index is -0.895. The van der Waals surface area contributed by atoms with Crippen LogP contribution in [0, 0.1) is 5.82 Å². The Morgan fingerprint density at radius 3 is 2.90 bits per heavy atom. The lowest BCUT2D eigenvalue weighted by Crippen LogP contribution is -2.07. The number of thioether (sulfide) groups is 1. The largest absolute Gasteiger partial charge is 0.481 e. The number of carbonyl (C=O) groups is 1. The van der Waals surface area contributed by atoms with Gasteiger partial charge in [-0.05, 0) is 30.5 Å². The third-order valence-electron chi connectivity index (χ3n) is 3.24. The van der Waals surface area contributed by atoms with Gasteiger partial charge in [-0.3, -0.25) is 4.79 Å². The maximum absolute atomic E-state index is 13.3. The summed E-state index contributed by atoms with van der Waals surface area (Å²) in [7, 11) is 0. The van der Waals surface area contributed by atoms with E-state index in [1.807, 2.05) is 10.6 Å². The van der Waals surface area contributed by atoms with Crippen molar-refractivity contribution in [3.63, 3.8) is 0 Å². The Balaban J connectivity index is 1.86. The van der Waals surface area contributed by atoms with Gasteiger partial charge in [0.15, 0.2) is 5.16 Å². The van der Waals surface area contributed by atoms with E-state index < -0.39 is 5.97 Å². The monoisotopic (exact) mass is 307 g/mol. The number of carboxylic acids is 1. The van der Waals surface area contributed by atoms with Crippen LogP contribution in [0.1, 0.15) is 30.1 Å². The Labute approximate surface area is 125 Å². The number of aromatic nitrogens is 3. The Hall–Kier alpha value is -1.89. The van der Waals surface area contributed by atoms with Gasteiger partial charge in [-0.15, -0.1) is 10.2 Å². The molecule has 1 N–H and O–H groups in total. The van der Waals surface area contributed by atoms with Crippen molar-refractivity contribution >= 4 is 17.7 Å². The van der Waals surface area contributed by atoms with Gasteiger partial charge in [0.25, 0.3) is 0 Å². The highest BCUT2D eigenvalue weighted by molar-refractivity contribution is 7.99. The van der Waals surface area contributed by atoms with Crippen LogP contribution in [0.3, 0.4) is 0 Å². The molecular formula is C14H14FN3O2S. The van der Waals surface area contributed by atoms with E-state index in [-0.39, 0.29) is 11.6 Å². The van der Waals surface area contributed by atoms with Crippen LogP contribution in [0.2, 0.25) is 0 Å². The van der Waals surface area contributed by atoms with Gasteiger partial charge in [-0.1, -0.05) is 23.9 Å². The van der Waals surface area contributed by atoms with E-state index in [1.54, 1.807) is 6.07 Å².